The van der Waals surface area contributed by atoms with Gasteiger partial charge in [0.25, 0.3) is 11.8 Å². The molecule has 1 N–H and O–H groups in total. The molecule has 0 spiro atoms. The molecule has 0 fully saturated rings. The van der Waals surface area contributed by atoms with Gasteiger partial charge in [0, 0.05) is 26.7 Å². The quantitative estimate of drug-likeness (QED) is 0.243. The zero-order valence-corrected chi connectivity index (χ0v) is 25.8. The number of alkyl carbamates (subject to hydrolysis) is 1. The van der Waals surface area contributed by atoms with Gasteiger partial charge < -0.3 is 24.5 Å². The summed E-state index contributed by atoms with van der Waals surface area (Å²) in [5.74, 6) is -1.59. The summed E-state index contributed by atoms with van der Waals surface area (Å²) in [4.78, 5) is 56.3. The molecule has 0 radical (unpaired) electrons. The molecule has 0 unspecified atom stereocenters. The molecule has 2 heterocycles. The Kier molecular flexibility index (Phi) is 9.31. The summed E-state index contributed by atoms with van der Waals surface area (Å²) in [6, 6.07) is 11.9. The van der Waals surface area contributed by atoms with Gasteiger partial charge in [-0.05, 0) is 83.9 Å². The van der Waals surface area contributed by atoms with Crippen LogP contribution in [0.3, 0.4) is 0 Å². The van der Waals surface area contributed by atoms with E-state index >= 15 is 0 Å². The van der Waals surface area contributed by atoms with E-state index in [0.717, 1.165) is 11.3 Å². The maximum Gasteiger partial charge on any atom is 0.407 e. The monoisotopic (exact) mass is 596 g/mol. The van der Waals surface area contributed by atoms with E-state index in [1.165, 1.54) is 12.1 Å². The number of hydrogen-bond donors (Lipinski definition) is 1. The van der Waals surface area contributed by atoms with Gasteiger partial charge in [0.05, 0.1) is 16.8 Å². The first-order valence-corrected chi connectivity index (χ1v) is 14.2. The van der Waals surface area contributed by atoms with Crippen LogP contribution in [0.5, 0.6) is 5.75 Å². The lowest BCUT2D eigenvalue weighted by atomic mass is 10.1. The van der Waals surface area contributed by atoms with Gasteiger partial charge in [-0.25, -0.2) is 19.4 Å². The Morgan fingerprint density at radius 1 is 0.930 bits per heavy atom. The molecule has 0 aliphatic carbocycles. The molecule has 12 nitrogen and oxygen atoms in total. The number of anilines is 1. The van der Waals surface area contributed by atoms with E-state index in [9.17, 15) is 19.2 Å². The SMILES string of the molecule is CN1c2ccc(OC[C@H](ON3C(=O)c4ccccc4C3=O)C(=O)OC(C)(C)C)cc2CN1CCCNC(=O)OC(C)(C)C. The number of esters is 1. The van der Waals surface area contributed by atoms with E-state index in [1.807, 2.05) is 45.0 Å². The maximum atomic E-state index is 13.0. The number of hydrogen-bond acceptors (Lipinski definition) is 10. The van der Waals surface area contributed by atoms with Crippen molar-refractivity contribution >= 4 is 29.6 Å². The van der Waals surface area contributed by atoms with Crippen LogP contribution < -0.4 is 15.1 Å². The van der Waals surface area contributed by atoms with Gasteiger partial charge in [-0.1, -0.05) is 12.1 Å². The van der Waals surface area contributed by atoms with E-state index < -0.39 is 41.2 Å². The molecule has 0 saturated carbocycles. The molecule has 1 atom stereocenters. The number of nitrogens with zero attached hydrogens (tertiary/aromatic N) is 3. The molecule has 0 bridgehead atoms. The highest BCUT2D eigenvalue weighted by Crippen LogP contribution is 2.33. The number of ether oxygens (including phenoxy) is 3. The molecule has 2 aromatic rings. The molecule has 2 aliphatic rings. The minimum atomic E-state index is -1.38. The molecule has 43 heavy (non-hydrogen) atoms. The van der Waals surface area contributed by atoms with Gasteiger partial charge in [0.2, 0.25) is 6.10 Å². The predicted molar refractivity (Wildman–Crippen MR) is 157 cm³/mol. The Bertz CT molecular complexity index is 1350. The second-order valence-corrected chi connectivity index (χ2v) is 12.4. The second-order valence-electron chi connectivity index (χ2n) is 12.4. The third-order valence-corrected chi connectivity index (χ3v) is 6.50. The zero-order valence-electron chi connectivity index (χ0n) is 25.8. The fraction of sp³-hybridized carbons (Fsp3) is 0.484. The second kappa shape index (κ2) is 12.6. The summed E-state index contributed by atoms with van der Waals surface area (Å²) in [6.45, 7) is 12.1. The van der Waals surface area contributed by atoms with Gasteiger partial charge in [-0.3, -0.25) is 9.59 Å². The van der Waals surface area contributed by atoms with Gasteiger partial charge in [0.15, 0.2) is 0 Å². The summed E-state index contributed by atoms with van der Waals surface area (Å²) >= 11 is 0. The van der Waals surface area contributed by atoms with E-state index in [0.29, 0.717) is 36.9 Å². The Labute approximate surface area is 251 Å². The lowest BCUT2D eigenvalue weighted by Crippen LogP contribution is -2.43. The fourth-order valence-electron chi connectivity index (χ4n) is 4.62. The number of amides is 3. The molecule has 2 aromatic carbocycles. The normalized spacial score (nSPS) is 15.7. The number of rotatable bonds is 10. The summed E-state index contributed by atoms with van der Waals surface area (Å²) in [5, 5.41) is 7.55. The van der Waals surface area contributed by atoms with E-state index in [1.54, 1.807) is 39.0 Å². The zero-order chi connectivity index (χ0) is 31.5. The largest absolute Gasteiger partial charge is 0.490 e. The van der Waals surface area contributed by atoms with Crippen LogP contribution in [-0.4, -0.2) is 78.0 Å². The highest BCUT2D eigenvalue weighted by molar-refractivity contribution is 6.20. The minimum Gasteiger partial charge on any atom is -0.490 e. The van der Waals surface area contributed by atoms with Crippen molar-refractivity contribution in [2.24, 2.45) is 0 Å². The number of fused-ring (bicyclic) bond motifs is 2. The van der Waals surface area contributed by atoms with Crippen molar-refractivity contribution in [3.63, 3.8) is 0 Å². The van der Waals surface area contributed by atoms with Crippen LogP contribution in [0, 0.1) is 0 Å². The molecular weight excluding hydrogens is 556 g/mol. The highest BCUT2D eigenvalue weighted by atomic mass is 16.7. The fourth-order valence-corrected chi connectivity index (χ4v) is 4.62. The topological polar surface area (TPSA) is 127 Å². The molecule has 12 heteroatoms. The average Bonchev–Trinajstić information content (AvgIpc) is 3.34. The van der Waals surface area contributed by atoms with E-state index in [4.69, 9.17) is 19.0 Å². The number of benzene rings is 2. The summed E-state index contributed by atoms with van der Waals surface area (Å²) < 4.78 is 16.7. The van der Waals surface area contributed by atoms with Gasteiger partial charge in [-0.2, -0.15) is 0 Å². The number of hydroxylamine groups is 2. The standard InChI is InChI=1S/C31H40N4O8/c1-30(2,3)41-28(38)25(43-35-26(36)22-11-8-9-12-23(22)27(35)37)19-40-21-13-14-24-20(17-21)18-34(33(24)7)16-10-15-32-29(39)42-31(4,5)6/h8-9,11-14,17,25H,10,15-16,18-19H2,1-7H3,(H,32,39)/t25-/m0/s1. The first-order valence-electron chi connectivity index (χ1n) is 14.2. The highest BCUT2D eigenvalue weighted by Gasteiger charge is 2.40. The Hall–Kier alpha value is -4.16. The van der Waals surface area contributed by atoms with Gasteiger partial charge in [-0.15, -0.1) is 5.06 Å². The lowest BCUT2D eigenvalue weighted by molar-refractivity contribution is -0.193. The molecule has 232 valence electrons. The summed E-state index contributed by atoms with van der Waals surface area (Å²) in [5.41, 5.74) is 1.03. The number of carbonyl (C=O) groups is 4. The molecule has 4 rings (SSSR count). The number of imide groups is 1. The Balaban J connectivity index is 1.37. The van der Waals surface area contributed by atoms with E-state index in [2.05, 4.69) is 10.3 Å². The maximum absolute atomic E-state index is 13.0. The van der Waals surface area contributed by atoms with Crippen molar-refractivity contribution in [1.82, 2.24) is 15.4 Å². The van der Waals surface area contributed by atoms with Crippen molar-refractivity contribution in [2.75, 3.05) is 31.8 Å². The van der Waals surface area contributed by atoms with Gasteiger partial charge in [0.1, 0.15) is 23.6 Å². The van der Waals surface area contributed by atoms with Crippen LogP contribution >= 0.6 is 0 Å². The molecule has 3 amide bonds. The Morgan fingerprint density at radius 3 is 2.16 bits per heavy atom. The van der Waals surface area contributed by atoms with Crippen LogP contribution in [0.15, 0.2) is 42.5 Å². The number of carbonyl (C=O) groups excluding carboxylic acids is 4. The van der Waals surface area contributed by atoms with Crippen LogP contribution in [0.2, 0.25) is 0 Å². The Morgan fingerprint density at radius 2 is 1.56 bits per heavy atom. The summed E-state index contributed by atoms with van der Waals surface area (Å²) in [7, 11) is 1.96. The minimum absolute atomic E-state index is 0.198. The summed E-state index contributed by atoms with van der Waals surface area (Å²) in [6.07, 6.45) is -1.11. The average molecular weight is 597 g/mol. The number of nitrogens with one attached hydrogen (secondary N) is 1. The van der Waals surface area contributed by atoms with Crippen molar-refractivity contribution in [3.8, 4) is 5.75 Å². The van der Waals surface area contributed by atoms with Crippen LogP contribution in [0.25, 0.3) is 0 Å². The first-order chi connectivity index (χ1) is 20.1. The predicted octanol–water partition coefficient (Wildman–Crippen LogP) is 4.09. The van der Waals surface area contributed by atoms with Crippen molar-refractivity contribution in [1.29, 1.82) is 0 Å². The van der Waals surface area contributed by atoms with Crippen LogP contribution in [0.1, 0.15) is 74.2 Å². The molecule has 0 saturated heterocycles. The third-order valence-electron chi connectivity index (χ3n) is 6.50. The van der Waals surface area contributed by atoms with E-state index in [-0.39, 0.29) is 17.7 Å². The smallest absolute Gasteiger partial charge is 0.407 e. The van der Waals surface area contributed by atoms with Crippen LogP contribution in [-0.2, 0) is 25.7 Å². The lowest BCUT2D eigenvalue weighted by Gasteiger charge is -2.26. The third kappa shape index (κ3) is 8.02. The van der Waals surface area contributed by atoms with Crippen molar-refractivity contribution in [2.45, 2.75) is 71.8 Å². The number of hydrazine groups is 1. The van der Waals surface area contributed by atoms with Crippen LogP contribution in [0.4, 0.5) is 10.5 Å². The van der Waals surface area contributed by atoms with Gasteiger partial charge >= 0.3 is 12.1 Å². The first kappa shape index (κ1) is 31.8. The molecular formula is C31H40N4O8. The molecule has 0 aromatic heterocycles. The molecule has 2 aliphatic heterocycles. The van der Waals surface area contributed by atoms with Crippen molar-refractivity contribution < 1.29 is 38.2 Å². The van der Waals surface area contributed by atoms with Crippen molar-refractivity contribution in [3.05, 3.63) is 59.2 Å².